The molecule has 0 unspecified atom stereocenters. The summed E-state index contributed by atoms with van der Waals surface area (Å²) >= 11 is 0. The van der Waals surface area contributed by atoms with Crippen molar-refractivity contribution in [3.63, 3.8) is 0 Å². The molecule has 0 spiro atoms. The van der Waals surface area contributed by atoms with Crippen LogP contribution in [-0.2, 0) is 19.5 Å². The average molecular weight is 351 g/mol. The van der Waals surface area contributed by atoms with Gasteiger partial charge >= 0.3 is 0 Å². The molecule has 1 aromatic carbocycles. The zero-order chi connectivity index (χ0) is 17.9. The maximum Gasteiger partial charge on any atom is 0.252 e. The van der Waals surface area contributed by atoms with Crippen molar-refractivity contribution in [3.8, 4) is 0 Å². The van der Waals surface area contributed by atoms with E-state index in [2.05, 4.69) is 27.4 Å². The van der Waals surface area contributed by atoms with Gasteiger partial charge in [0.25, 0.3) is 5.91 Å². The second-order valence-corrected chi connectivity index (χ2v) is 6.43. The number of carbonyl (C=O) groups excluding carboxylic acids is 1. The van der Waals surface area contributed by atoms with Crippen LogP contribution in [0, 0.1) is 0 Å². The molecular formula is C18H21N7O. The number of aryl methyl sites for hydroxylation is 1. The summed E-state index contributed by atoms with van der Waals surface area (Å²) in [7, 11) is 0. The number of unbranched alkanes of at least 4 members (excludes halogenated alkanes) is 1. The quantitative estimate of drug-likeness (QED) is 0.700. The number of amides is 1. The topological polar surface area (TPSA) is 90.5 Å². The molecule has 2 aromatic heterocycles. The number of benzene rings is 1. The Hall–Kier alpha value is -3.03. The maximum atomic E-state index is 12.2. The van der Waals surface area contributed by atoms with E-state index in [-0.39, 0.29) is 11.9 Å². The van der Waals surface area contributed by atoms with Crippen LogP contribution in [0.2, 0.25) is 0 Å². The molecule has 4 rings (SSSR count). The number of hydrogen-bond acceptors (Lipinski definition) is 5. The van der Waals surface area contributed by atoms with Crippen LogP contribution in [-0.4, -0.2) is 35.4 Å². The SMILES string of the molecule is CCCCn1nc(Cn2cncn2)nc1C[C@@H]1NC(=O)c2ccccc21. The van der Waals surface area contributed by atoms with Gasteiger partial charge in [-0.25, -0.2) is 19.3 Å². The fourth-order valence-corrected chi connectivity index (χ4v) is 3.26. The third-order valence-electron chi connectivity index (χ3n) is 4.56. The Labute approximate surface area is 151 Å². The van der Waals surface area contributed by atoms with Crippen LogP contribution in [0.4, 0.5) is 0 Å². The highest BCUT2D eigenvalue weighted by Gasteiger charge is 2.29. The summed E-state index contributed by atoms with van der Waals surface area (Å²) in [6, 6.07) is 7.65. The summed E-state index contributed by atoms with van der Waals surface area (Å²) in [6.07, 6.45) is 5.89. The number of carbonyl (C=O) groups is 1. The largest absolute Gasteiger partial charge is 0.345 e. The van der Waals surface area contributed by atoms with Gasteiger partial charge in [0.15, 0.2) is 5.82 Å². The Bertz CT molecular complexity index is 900. The van der Waals surface area contributed by atoms with Crippen molar-refractivity contribution < 1.29 is 4.79 Å². The highest BCUT2D eigenvalue weighted by Crippen LogP contribution is 2.27. The van der Waals surface area contributed by atoms with E-state index in [9.17, 15) is 4.79 Å². The summed E-state index contributed by atoms with van der Waals surface area (Å²) in [6.45, 7) is 3.46. The van der Waals surface area contributed by atoms with Gasteiger partial charge in [-0.2, -0.15) is 10.2 Å². The number of nitrogens with one attached hydrogen (secondary N) is 1. The first-order chi connectivity index (χ1) is 12.7. The van der Waals surface area contributed by atoms with Crippen LogP contribution < -0.4 is 5.32 Å². The number of hydrogen-bond donors (Lipinski definition) is 1. The molecule has 1 amide bonds. The fraction of sp³-hybridized carbons (Fsp3) is 0.389. The summed E-state index contributed by atoms with van der Waals surface area (Å²) in [4.78, 5) is 20.8. The first-order valence-electron chi connectivity index (χ1n) is 8.89. The van der Waals surface area contributed by atoms with E-state index in [1.165, 1.54) is 6.33 Å². The minimum Gasteiger partial charge on any atom is -0.345 e. The van der Waals surface area contributed by atoms with Crippen LogP contribution in [0.5, 0.6) is 0 Å². The number of fused-ring (bicyclic) bond motifs is 1. The average Bonchev–Trinajstić information content (AvgIpc) is 3.36. The third-order valence-corrected chi connectivity index (χ3v) is 4.56. The van der Waals surface area contributed by atoms with Gasteiger partial charge in [-0.3, -0.25) is 4.79 Å². The molecule has 8 nitrogen and oxygen atoms in total. The van der Waals surface area contributed by atoms with Crippen LogP contribution in [0.15, 0.2) is 36.9 Å². The Morgan fingerprint density at radius 1 is 1.27 bits per heavy atom. The predicted octanol–water partition coefficient (Wildman–Crippen LogP) is 1.75. The van der Waals surface area contributed by atoms with Gasteiger partial charge in [0, 0.05) is 18.5 Å². The minimum absolute atomic E-state index is 0.0203. The highest BCUT2D eigenvalue weighted by atomic mass is 16.2. The molecule has 1 N–H and O–H groups in total. The maximum absolute atomic E-state index is 12.2. The van der Waals surface area contributed by atoms with Crippen molar-refractivity contribution in [1.29, 1.82) is 0 Å². The molecule has 0 bridgehead atoms. The second-order valence-electron chi connectivity index (χ2n) is 6.43. The van der Waals surface area contributed by atoms with Crippen molar-refractivity contribution in [2.75, 3.05) is 0 Å². The van der Waals surface area contributed by atoms with Crippen molar-refractivity contribution in [1.82, 2.24) is 34.8 Å². The van der Waals surface area contributed by atoms with E-state index in [1.807, 2.05) is 28.9 Å². The molecule has 0 radical (unpaired) electrons. The van der Waals surface area contributed by atoms with Crippen molar-refractivity contribution in [2.45, 2.75) is 45.3 Å². The lowest BCUT2D eigenvalue weighted by Crippen LogP contribution is -2.22. The van der Waals surface area contributed by atoms with Gasteiger partial charge in [0.1, 0.15) is 25.0 Å². The fourth-order valence-electron chi connectivity index (χ4n) is 3.26. The Morgan fingerprint density at radius 2 is 2.15 bits per heavy atom. The summed E-state index contributed by atoms with van der Waals surface area (Å²) < 4.78 is 3.67. The molecule has 0 saturated carbocycles. The first kappa shape index (κ1) is 16.4. The summed E-state index contributed by atoms with van der Waals surface area (Å²) in [5, 5.41) is 11.8. The molecule has 1 atom stereocenters. The Morgan fingerprint density at radius 3 is 2.96 bits per heavy atom. The molecular weight excluding hydrogens is 330 g/mol. The van der Waals surface area contributed by atoms with E-state index in [0.29, 0.717) is 18.8 Å². The third kappa shape index (κ3) is 3.22. The second kappa shape index (κ2) is 7.07. The molecule has 0 fully saturated rings. The smallest absolute Gasteiger partial charge is 0.252 e. The molecule has 26 heavy (non-hydrogen) atoms. The van der Waals surface area contributed by atoms with Gasteiger partial charge in [0.05, 0.1) is 6.04 Å². The molecule has 134 valence electrons. The van der Waals surface area contributed by atoms with E-state index in [4.69, 9.17) is 4.98 Å². The van der Waals surface area contributed by atoms with E-state index in [1.54, 1.807) is 11.0 Å². The molecule has 1 aliphatic heterocycles. The van der Waals surface area contributed by atoms with Gasteiger partial charge in [-0.1, -0.05) is 31.5 Å². The molecule has 3 heterocycles. The lowest BCUT2D eigenvalue weighted by molar-refractivity contribution is 0.0956. The molecule has 8 heteroatoms. The van der Waals surface area contributed by atoms with Crippen molar-refractivity contribution in [2.24, 2.45) is 0 Å². The van der Waals surface area contributed by atoms with Crippen LogP contribution in [0.3, 0.4) is 0 Å². The van der Waals surface area contributed by atoms with Crippen LogP contribution in [0.25, 0.3) is 0 Å². The zero-order valence-electron chi connectivity index (χ0n) is 14.7. The number of nitrogens with zero attached hydrogens (tertiary/aromatic N) is 6. The molecule has 3 aromatic rings. The predicted molar refractivity (Wildman–Crippen MR) is 94.4 cm³/mol. The van der Waals surface area contributed by atoms with Gasteiger partial charge in [-0.15, -0.1) is 0 Å². The summed E-state index contributed by atoms with van der Waals surface area (Å²) in [5.74, 6) is 1.57. The van der Waals surface area contributed by atoms with Crippen molar-refractivity contribution >= 4 is 5.91 Å². The Kier molecular flexibility index (Phi) is 4.47. The zero-order valence-corrected chi connectivity index (χ0v) is 14.7. The van der Waals surface area contributed by atoms with Crippen LogP contribution in [0.1, 0.15) is 53.4 Å². The normalized spacial score (nSPS) is 15.9. The van der Waals surface area contributed by atoms with Gasteiger partial charge < -0.3 is 5.32 Å². The number of rotatable bonds is 7. The van der Waals surface area contributed by atoms with Gasteiger partial charge in [-0.05, 0) is 18.1 Å². The first-order valence-corrected chi connectivity index (χ1v) is 8.89. The van der Waals surface area contributed by atoms with Crippen LogP contribution >= 0.6 is 0 Å². The van der Waals surface area contributed by atoms with E-state index < -0.39 is 0 Å². The molecule has 0 saturated heterocycles. The minimum atomic E-state index is -0.0671. The highest BCUT2D eigenvalue weighted by molar-refractivity contribution is 5.99. The van der Waals surface area contributed by atoms with E-state index >= 15 is 0 Å². The van der Waals surface area contributed by atoms with Gasteiger partial charge in [0.2, 0.25) is 0 Å². The number of aromatic nitrogens is 6. The standard InChI is InChI=1S/C18H21N7O/c1-2-3-8-25-17(22-16(23-25)10-24-12-19-11-20-24)9-15-13-6-4-5-7-14(13)18(26)21-15/h4-7,11-12,15H,2-3,8-10H2,1H3,(H,21,26)/t15-/m0/s1. The lowest BCUT2D eigenvalue weighted by atomic mass is 10.0. The summed E-state index contributed by atoms with van der Waals surface area (Å²) in [5.41, 5.74) is 1.78. The molecule has 1 aliphatic rings. The lowest BCUT2D eigenvalue weighted by Gasteiger charge is -2.12. The molecule has 0 aliphatic carbocycles. The Balaban J connectivity index is 1.58. The monoisotopic (exact) mass is 351 g/mol. The van der Waals surface area contributed by atoms with Crippen molar-refractivity contribution in [3.05, 3.63) is 59.7 Å². The van der Waals surface area contributed by atoms with E-state index in [0.717, 1.165) is 36.3 Å².